The molecular formula is C18H21Cl3O6. The fourth-order valence-electron chi connectivity index (χ4n) is 2.60. The molecule has 0 aromatic heterocycles. The van der Waals surface area contributed by atoms with Crippen molar-refractivity contribution in [2.75, 3.05) is 6.61 Å². The van der Waals surface area contributed by atoms with Crippen molar-refractivity contribution in [1.82, 2.24) is 0 Å². The van der Waals surface area contributed by atoms with Crippen LogP contribution >= 0.6 is 34.8 Å². The van der Waals surface area contributed by atoms with Gasteiger partial charge in [0, 0.05) is 5.41 Å². The summed E-state index contributed by atoms with van der Waals surface area (Å²) in [4.78, 5) is 34.8. The molecule has 0 heterocycles. The van der Waals surface area contributed by atoms with E-state index >= 15 is 0 Å². The fraction of sp³-hybridized carbons (Fsp3) is 0.500. The van der Waals surface area contributed by atoms with Crippen molar-refractivity contribution in [3.8, 4) is 5.75 Å². The molecule has 6 nitrogen and oxygen atoms in total. The minimum absolute atomic E-state index is 0.0656. The number of hydrogen-bond donors (Lipinski definition) is 1. The van der Waals surface area contributed by atoms with Crippen LogP contribution in [-0.4, -0.2) is 29.6 Å². The van der Waals surface area contributed by atoms with Crippen LogP contribution in [-0.2, 0) is 14.3 Å². The molecule has 0 saturated carbocycles. The van der Waals surface area contributed by atoms with Gasteiger partial charge >= 0.3 is 17.9 Å². The van der Waals surface area contributed by atoms with Gasteiger partial charge in [0.05, 0.1) is 21.7 Å². The smallest absolute Gasteiger partial charge is 0.422 e. The number of carboxylic acid groups (broad SMARTS) is 1. The zero-order chi connectivity index (χ0) is 20.9. The van der Waals surface area contributed by atoms with Gasteiger partial charge in [-0.3, -0.25) is 0 Å². The summed E-state index contributed by atoms with van der Waals surface area (Å²) in [5.74, 6) is -4.51. The second kappa shape index (κ2) is 9.62. The topological polar surface area (TPSA) is 89.9 Å². The Morgan fingerprint density at radius 1 is 1.19 bits per heavy atom. The van der Waals surface area contributed by atoms with E-state index in [-0.39, 0.29) is 27.1 Å². The first-order chi connectivity index (χ1) is 12.4. The largest absolute Gasteiger partial charge is 0.473 e. The van der Waals surface area contributed by atoms with Crippen LogP contribution in [0, 0.1) is 11.3 Å². The Hall–Kier alpha value is -1.50. The van der Waals surface area contributed by atoms with Gasteiger partial charge in [0.2, 0.25) is 0 Å². The summed E-state index contributed by atoms with van der Waals surface area (Å²) >= 11 is 18.0. The maximum atomic E-state index is 12.6. The summed E-state index contributed by atoms with van der Waals surface area (Å²) in [7, 11) is 0. The number of ether oxygens (including phenoxy) is 2. The molecular weight excluding hydrogens is 419 g/mol. The Labute approximate surface area is 172 Å². The second-order valence-electron chi connectivity index (χ2n) is 6.89. The Bertz CT molecular complexity index is 747. The molecule has 1 aromatic rings. The zero-order valence-corrected chi connectivity index (χ0v) is 17.7. The summed E-state index contributed by atoms with van der Waals surface area (Å²) in [5.41, 5.74) is -0.664. The highest BCUT2D eigenvalue weighted by Gasteiger charge is 2.30. The molecule has 0 radical (unpaired) electrons. The Morgan fingerprint density at radius 3 is 2.26 bits per heavy atom. The molecule has 9 heteroatoms. The summed E-state index contributed by atoms with van der Waals surface area (Å²) in [6.07, 6.45) is 1.59. The van der Waals surface area contributed by atoms with Crippen LogP contribution in [0.25, 0.3) is 0 Å². The third-order valence-electron chi connectivity index (χ3n) is 4.01. The SMILES string of the molecule is CCC(C)(COC(=O)c1c(Cl)c(Cl)cc(Cl)c1OC(=O)C(=O)O)CC(C)C. The molecule has 0 amide bonds. The van der Waals surface area contributed by atoms with Gasteiger partial charge in [-0.2, -0.15) is 0 Å². The maximum absolute atomic E-state index is 12.6. The van der Waals surface area contributed by atoms with Gasteiger partial charge < -0.3 is 14.6 Å². The highest BCUT2D eigenvalue weighted by atomic mass is 35.5. The zero-order valence-electron chi connectivity index (χ0n) is 15.4. The predicted molar refractivity (Wildman–Crippen MR) is 103 cm³/mol. The number of hydrogen-bond acceptors (Lipinski definition) is 5. The van der Waals surface area contributed by atoms with Crippen molar-refractivity contribution < 1.29 is 29.0 Å². The standard InChI is InChI=1S/C18H21Cl3O6/c1-5-18(4,7-9(2)3)8-26-16(24)12-13(21)10(19)6-11(20)14(12)27-17(25)15(22)23/h6,9H,5,7-8H2,1-4H3,(H,22,23). The molecule has 0 aliphatic rings. The van der Waals surface area contributed by atoms with Crippen molar-refractivity contribution in [3.63, 3.8) is 0 Å². The number of carboxylic acids is 1. The molecule has 150 valence electrons. The molecule has 0 saturated heterocycles. The van der Waals surface area contributed by atoms with Crippen molar-refractivity contribution in [3.05, 3.63) is 26.7 Å². The molecule has 0 bridgehead atoms. The Balaban J connectivity index is 3.21. The lowest BCUT2D eigenvalue weighted by atomic mass is 9.80. The summed E-state index contributed by atoms with van der Waals surface area (Å²) in [6.45, 7) is 8.19. The number of carbonyl (C=O) groups excluding carboxylic acids is 2. The van der Waals surface area contributed by atoms with Gasteiger partial charge in [0.25, 0.3) is 0 Å². The van der Waals surface area contributed by atoms with Crippen LogP contribution in [0.4, 0.5) is 0 Å². The summed E-state index contributed by atoms with van der Waals surface area (Å²) < 4.78 is 10.1. The molecule has 0 aliphatic carbocycles. The minimum Gasteiger partial charge on any atom is -0.473 e. The fourth-order valence-corrected chi connectivity index (χ4v) is 3.32. The van der Waals surface area contributed by atoms with E-state index in [1.54, 1.807) is 0 Å². The van der Waals surface area contributed by atoms with Crippen LogP contribution in [0.5, 0.6) is 5.75 Å². The van der Waals surface area contributed by atoms with E-state index in [0.29, 0.717) is 5.92 Å². The first-order valence-electron chi connectivity index (χ1n) is 8.21. The van der Waals surface area contributed by atoms with Gasteiger partial charge in [0.1, 0.15) is 5.56 Å². The van der Waals surface area contributed by atoms with Crippen LogP contribution in [0.15, 0.2) is 6.07 Å². The second-order valence-corrected chi connectivity index (χ2v) is 8.08. The third-order valence-corrected chi connectivity index (χ3v) is 5.07. The van der Waals surface area contributed by atoms with E-state index in [1.165, 1.54) is 0 Å². The molecule has 0 spiro atoms. The van der Waals surface area contributed by atoms with Crippen molar-refractivity contribution in [1.29, 1.82) is 0 Å². The van der Waals surface area contributed by atoms with E-state index < -0.39 is 29.2 Å². The number of benzene rings is 1. The molecule has 0 aliphatic heterocycles. The van der Waals surface area contributed by atoms with Gasteiger partial charge in [-0.1, -0.05) is 62.5 Å². The lowest BCUT2D eigenvalue weighted by Gasteiger charge is -2.29. The molecule has 1 N–H and O–H groups in total. The number of aliphatic carboxylic acids is 1. The van der Waals surface area contributed by atoms with E-state index in [0.717, 1.165) is 18.9 Å². The Morgan fingerprint density at radius 2 is 1.78 bits per heavy atom. The average molecular weight is 440 g/mol. The van der Waals surface area contributed by atoms with E-state index in [2.05, 4.69) is 13.8 Å². The number of rotatable bonds is 7. The predicted octanol–water partition coefficient (Wildman–Crippen LogP) is 5.26. The molecule has 1 unspecified atom stereocenters. The maximum Gasteiger partial charge on any atom is 0.422 e. The highest BCUT2D eigenvalue weighted by molar-refractivity contribution is 6.46. The Kier molecular flexibility index (Phi) is 8.39. The average Bonchev–Trinajstić information content (AvgIpc) is 2.57. The first-order valence-corrected chi connectivity index (χ1v) is 9.35. The van der Waals surface area contributed by atoms with Gasteiger partial charge in [-0.25, -0.2) is 14.4 Å². The van der Waals surface area contributed by atoms with E-state index in [9.17, 15) is 14.4 Å². The third kappa shape index (κ3) is 6.26. The molecule has 1 rings (SSSR count). The monoisotopic (exact) mass is 438 g/mol. The quantitative estimate of drug-likeness (QED) is 0.270. The molecule has 1 atom stereocenters. The number of esters is 2. The molecule has 0 fully saturated rings. The lowest BCUT2D eigenvalue weighted by Crippen LogP contribution is -2.27. The summed E-state index contributed by atoms with van der Waals surface area (Å²) in [5, 5.41) is 8.16. The van der Waals surface area contributed by atoms with Gasteiger partial charge in [-0.15, -0.1) is 0 Å². The normalized spacial score (nSPS) is 13.2. The lowest BCUT2D eigenvalue weighted by molar-refractivity contribution is -0.158. The van der Waals surface area contributed by atoms with E-state index in [4.69, 9.17) is 49.4 Å². The molecule has 1 aromatic carbocycles. The number of halogens is 3. The van der Waals surface area contributed by atoms with Crippen LogP contribution in [0.3, 0.4) is 0 Å². The van der Waals surface area contributed by atoms with Gasteiger partial charge in [-0.05, 0) is 24.8 Å². The number of carbonyl (C=O) groups is 3. The highest BCUT2D eigenvalue weighted by Crippen LogP contribution is 2.40. The summed E-state index contributed by atoms with van der Waals surface area (Å²) in [6, 6.07) is 1.14. The van der Waals surface area contributed by atoms with Crippen molar-refractivity contribution in [2.24, 2.45) is 11.3 Å². The van der Waals surface area contributed by atoms with E-state index in [1.807, 2.05) is 13.8 Å². The van der Waals surface area contributed by atoms with Crippen molar-refractivity contribution in [2.45, 2.75) is 40.5 Å². The van der Waals surface area contributed by atoms with Crippen LogP contribution in [0.1, 0.15) is 50.9 Å². The van der Waals surface area contributed by atoms with Crippen LogP contribution in [0.2, 0.25) is 15.1 Å². The van der Waals surface area contributed by atoms with Crippen LogP contribution < -0.4 is 4.74 Å². The molecule has 27 heavy (non-hydrogen) atoms. The van der Waals surface area contributed by atoms with Crippen molar-refractivity contribution >= 4 is 52.7 Å². The first kappa shape index (κ1) is 23.5. The minimum atomic E-state index is -1.85. The van der Waals surface area contributed by atoms with Gasteiger partial charge in [0.15, 0.2) is 5.75 Å².